The van der Waals surface area contributed by atoms with Gasteiger partial charge in [0.05, 0.1) is 5.69 Å². The summed E-state index contributed by atoms with van der Waals surface area (Å²) in [6.07, 6.45) is 4.84. The highest BCUT2D eigenvalue weighted by molar-refractivity contribution is 9.10. The van der Waals surface area contributed by atoms with Gasteiger partial charge in [-0.3, -0.25) is 4.40 Å². The van der Waals surface area contributed by atoms with Crippen LogP contribution < -0.4 is 5.73 Å². The van der Waals surface area contributed by atoms with Gasteiger partial charge in [0.2, 0.25) is 0 Å². The first-order chi connectivity index (χ1) is 9.13. The van der Waals surface area contributed by atoms with Gasteiger partial charge in [-0.05, 0) is 30.2 Å². The molecule has 0 radical (unpaired) electrons. The standard InChI is InChI=1S/C14H14BrN3S/c1-9-6-10(15)2-3-12(9)13(16)7-11-8-18-4-5-19-14(18)17-11/h2-6,8,13H,7,16H2,1H3. The SMILES string of the molecule is Cc1cc(Br)ccc1C(N)Cc1cn2ccsc2n1. The van der Waals surface area contributed by atoms with Gasteiger partial charge in [-0.2, -0.15) is 0 Å². The number of imidazole rings is 1. The molecule has 98 valence electrons. The molecular weight excluding hydrogens is 322 g/mol. The summed E-state index contributed by atoms with van der Waals surface area (Å²) in [4.78, 5) is 5.60. The predicted octanol–water partition coefficient (Wildman–Crippen LogP) is 3.71. The highest BCUT2D eigenvalue weighted by atomic mass is 79.9. The van der Waals surface area contributed by atoms with Crippen molar-refractivity contribution >= 4 is 32.2 Å². The van der Waals surface area contributed by atoms with Crippen molar-refractivity contribution in [1.29, 1.82) is 0 Å². The lowest BCUT2D eigenvalue weighted by molar-refractivity contribution is 0.705. The highest BCUT2D eigenvalue weighted by Crippen LogP contribution is 2.23. The molecule has 0 aliphatic carbocycles. The van der Waals surface area contributed by atoms with Gasteiger partial charge in [0.1, 0.15) is 0 Å². The maximum atomic E-state index is 6.31. The Kier molecular flexibility index (Phi) is 3.43. The van der Waals surface area contributed by atoms with Gasteiger partial charge in [0.15, 0.2) is 4.96 Å². The van der Waals surface area contributed by atoms with Crippen LogP contribution in [-0.2, 0) is 6.42 Å². The molecule has 0 aliphatic heterocycles. The molecule has 2 aromatic heterocycles. The number of hydrogen-bond acceptors (Lipinski definition) is 3. The Balaban J connectivity index is 1.84. The van der Waals surface area contributed by atoms with Crippen LogP contribution in [0.1, 0.15) is 22.9 Å². The third-order valence-electron chi connectivity index (χ3n) is 3.20. The van der Waals surface area contributed by atoms with E-state index in [0.29, 0.717) is 0 Å². The zero-order valence-electron chi connectivity index (χ0n) is 10.5. The molecule has 2 heterocycles. The van der Waals surface area contributed by atoms with E-state index in [4.69, 9.17) is 5.73 Å². The molecule has 19 heavy (non-hydrogen) atoms. The van der Waals surface area contributed by atoms with E-state index in [1.54, 1.807) is 11.3 Å². The Morgan fingerprint density at radius 1 is 1.47 bits per heavy atom. The van der Waals surface area contributed by atoms with Gasteiger partial charge in [-0.1, -0.05) is 22.0 Å². The molecule has 1 aromatic carbocycles. The lowest BCUT2D eigenvalue weighted by atomic mass is 9.99. The van der Waals surface area contributed by atoms with E-state index in [2.05, 4.69) is 46.2 Å². The van der Waals surface area contributed by atoms with Crippen LogP contribution in [-0.4, -0.2) is 9.38 Å². The molecular formula is C14H14BrN3S. The van der Waals surface area contributed by atoms with Gasteiger partial charge >= 0.3 is 0 Å². The van der Waals surface area contributed by atoms with Crippen molar-refractivity contribution in [1.82, 2.24) is 9.38 Å². The number of rotatable bonds is 3. The first-order valence-corrected chi connectivity index (χ1v) is 7.73. The minimum absolute atomic E-state index is 0.0160. The number of halogens is 1. The number of nitrogens with two attached hydrogens (primary N) is 1. The zero-order valence-corrected chi connectivity index (χ0v) is 12.9. The van der Waals surface area contributed by atoms with Crippen molar-refractivity contribution in [2.75, 3.05) is 0 Å². The monoisotopic (exact) mass is 335 g/mol. The van der Waals surface area contributed by atoms with Gasteiger partial charge in [-0.15, -0.1) is 11.3 Å². The van der Waals surface area contributed by atoms with Crippen molar-refractivity contribution in [2.45, 2.75) is 19.4 Å². The van der Waals surface area contributed by atoms with Gasteiger partial charge < -0.3 is 5.73 Å². The summed E-state index contributed by atoms with van der Waals surface area (Å²) >= 11 is 5.12. The molecule has 1 atom stereocenters. The van der Waals surface area contributed by atoms with Crippen molar-refractivity contribution in [3.05, 3.63) is 57.3 Å². The van der Waals surface area contributed by atoms with Gasteiger partial charge in [0.25, 0.3) is 0 Å². The van der Waals surface area contributed by atoms with Crippen molar-refractivity contribution in [2.24, 2.45) is 5.73 Å². The number of aryl methyl sites for hydroxylation is 1. The molecule has 2 N–H and O–H groups in total. The maximum Gasteiger partial charge on any atom is 0.193 e. The van der Waals surface area contributed by atoms with Crippen molar-refractivity contribution in [3.63, 3.8) is 0 Å². The molecule has 0 fully saturated rings. The fraction of sp³-hybridized carbons (Fsp3) is 0.214. The van der Waals surface area contributed by atoms with Crippen LogP contribution >= 0.6 is 27.3 Å². The van der Waals surface area contributed by atoms with Crippen LogP contribution in [0.15, 0.2) is 40.4 Å². The molecule has 0 amide bonds. The molecule has 0 saturated heterocycles. The smallest absolute Gasteiger partial charge is 0.193 e. The largest absolute Gasteiger partial charge is 0.324 e. The van der Waals surface area contributed by atoms with E-state index in [-0.39, 0.29) is 6.04 Å². The second-order valence-electron chi connectivity index (χ2n) is 4.64. The average Bonchev–Trinajstić information content (AvgIpc) is 2.89. The number of benzene rings is 1. The Morgan fingerprint density at radius 2 is 2.32 bits per heavy atom. The zero-order chi connectivity index (χ0) is 13.4. The van der Waals surface area contributed by atoms with E-state index in [1.165, 1.54) is 11.1 Å². The Bertz CT molecular complexity index is 688. The highest BCUT2D eigenvalue weighted by Gasteiger charge is 2.12. The number of hydrogen-bond donors (Lipinski definition) is 1. The summed E-state index contributed by atoms with van der Waals surface area (Å²) in [5.41, 5.74) is 9.74. The molecule has 5 heteroatoms. The lowest BCUT2D eigenvalue weighted by Crippen LogP contribution is -2.14. The fourth-order valence-corrected chi connectivity index (χ4v) is 3.46. The molecule has 1 unspecified atom stereocenters. The first kappa shape index (κ1) is 12.8. The van der Waals surface area contributed by atoms with Crippen LogP contribution in [0.25, 0.3) is 4.96 Å². The maximum absolute atomic E-state index is 6.31. The minimum Gasteiger partial charge on any atom is -0.324 e. The second kappa shape index (κ2) is 5.07. The van der Waals surface area contributed by atoms with Crippen LogP contribution in [0.3, 0.4) is 0 Å². The van der Waals surface area contributed by atoms with Gasteiger partial charge in [-0.25, -0.2) is 4.98 Å². The quantitative estimate of drug-likeness (QED) is 0.792. The number of nitrogens with zero attached hydrogens (tertiary/aromatic N) is 2. The molecule has 3 nitrogen and oxygen atoms in total. The molecule has 0 saturated carbocycles. The van der Waals surface area contributed by atoms with E-state index >= 15 is 0 Å². The Labute approximate surface area is 124 Å². The fourth-order valence-electron chi connectivity index (χ4n) is 2.26. The third-order valence-corrected chi connectivity index (χ3v) is 4.47. The third kappa shape index (κ3) is 2.59. The lowest BCUT2D eigenvalue weighted by Gasteiger charge is -2.13. The van der Waals surface area contributed by atoms with Crippen molar-refractivity contribution < 1.29 is 0 Å². The van der Waals surface area contributed by atoms with Crippen LogP contribution in [0, 0.1) is 6.92 Å². The van der Waals surface area contributed by atoms with E-state index in [1.807, 2.05) is 22.0 Å². The number of fused-ring (bicyclic) bond motifs is 1. The minimum atomic E-state index is -0.0160. The summed E-state index contributed by atoms with van der Waals surface area (Å²) in [6, 6.07) is 6.20. The van der Waals surface area contributed by atoms with E-state index in [9.17, 15) is 0 Å². The normalized spacial score (nSPS) is 13.0. The topological polar surface area (TPSA) is 43.3 Å². The molecule has 3 aromatic rings. The average molecular weight is 336 g/mol. The molecule has 0 spiro atoms. The second-order valence-corrected chi connectivity index (χ2v) is 6.43. The van der Waals surface area contributed by atoms with Crippen molar-refractivity contribution in [3.8, 4) is 0 Å². The van der Waals surface area contributed by atoms with Crippen LogP contribution in [0.2, 0.25) is 0 Å². The van der Waals surface area contributed by atoms with E-state index < -0.39 is 0 Å². The summed E-state index contributed by atoms with van der Waals surface area (Å²) in [7, 11) is 0. The van der Waals surface area contributed by atoms with Crippen LogP contribution in [0.5, 0.6) is 0 Å². The summed E-state index contributed by atoms with van der Waals surface area (Å²) in [5, 5.41) is 2.03. The summed E-state index contributed by atoms with van der Waals surface area (Å²) in [6.45, 7) is 2.09. The van der Waals surface area contributed by atoms with Gasteiger partial charge in [0, 0.05) is 34.7 Å². The molecule has 3 rings (SSSR count). The number of thiazole rings is 1. The van der Waals surface area contributed by atoms with E-state index in [0.717, 1.165) is 21.5 Å². The van der Waals surface area contributed by atoms with Crippen LogP contribution in [0.4, 0.5) is 0 Å². The summed E-state index contributed by atoms with van der Waals surface area (Å²) in [5.74, 6) is 0. The predicted molar refractivity (Wildman–Crippen MR) is 82.6 cm³/mol. The molecule has 0 aliphatic rings. The Hall–Kier alpha value is -1.17. The number of aromatic nitrogens is 2. The summed E-state index contributed by atoms with van der Waals surface area (Å²) < 4.78 is 3.13. The first-order valence-electron chi connectivity index (χ1n) is 6.06. The molecule has 0 bridgehead atoms. The Morgan fingerprint density at radius 3 is 3.05 bits per heavy atom.